The lowest BCUT2D eigenvalue weighted by molar-refractivity contribution is -0.136. The van der Waals surface area contributed by atoms with Crippen LogP contribution in [-0.2, 0) is 22.4 Å². The number of oxazole rings is 1. The number of hydrogen-bond acceptors (Lipinski definition) is 4. The molecule has 1 aromatic heterocycles. The molecule has 1 aromatic rings. The van der Waals surface area contributed by atoms with Crippen molar-refractivity contribution in [2.24, 2.45) is 5.92 Å². The largest absolute Gasteiger partial charge is 0.481 e. The molecule has 1 unspecified atom stereocenters. The molecule has 1 fully saturated rings. The molecule has 1 saturated heterocycles. The van der Waals surface area contributed by atoms with Gasteiger partial charge in [-0.2, -0.15) is 0 Å². The first-order chi connectivity index (χ1) is 7.24. The van der Waals surface area contributed by atoms with Gasteiger partial charge in [0.25, 0.3) is 0 Å². The highest BCUT2D eigenvalue weighted by molar-refractivity contribution is 5.69. The number of carbonyl (C=O) groups is 1. The van der Waals surface area contributed by atoms with E-state index in [0.717, 1.165) is 26.1 Å². The van der Waals surface area contributed by atoms with Crippen LogP contribution in [0.4, 0.5) is 0 Å². The maximum Gasteiger partial charge on any atom is 0.311 e. The molecule has 2 heterocycles. The zero-order valence-electron chi connectivity index (χ0n) is 8.31. The Morgan fingerprint density at radius 1 is 1.67 bits per heavy atom. The van der Waals surface area contributed by atoms with E-state index in [1.54, 1.807) is 0 Å². The highest BCUT2D eigenvalue weighted by Gasteiger charge is 2.18. The van der Waals surface area contributed by atoms with Gasteiger partial charge in [0.15, 0.2) is 5.89 Å². The smallest absolute Gasteiger partial charge is 0.311 e. The number of aromatic nitrogens is 1. The molecule has 5 heteroatoms. The lowest BCUT2D eigenvalue weighted by Crippen LogP contribution is -2.03. The van der Waals surface area contributed by atoms with Crippen LogP contribution in [-0.4, -0.2) is 29.3 Å². The summed E-state index contributed by atoms with van der Waals surface area (Å²) in [6, 6.07) is 0. The van der Waals surface area contributed by atoms with E-state index in [0.29, 0.717) is 17.6 Å². The predicted molar refractivity (Wildman–Crippen MR) is 50.5 cm³/mol. The fraction of sp³-hybridized carbons (Fsp3) is 0.600. The van der Waals surface area contributed by atoms with Crippen LogP contribution in [0.3, 0.4) is 0 Å². The van der Waals surface area contributed by atoms with E-state index < -0.39 is 5.97 Å². The van der Waals surface area contributed by atoms with E-state index in [4.69, 9.17) is 14.3 Å². The normalized spacial score (nSPS) is 20.7. The van der Waals surface area contributed by atoms with Gasteiger partial charge in [-0.25, -0.2) is 4.98 Å². The van der Waals surface area contributed by atoms with Crippen LogP contribution in [0.25, 0.3) is 0 Å². The molecule has 0 radical (unpaired) electrons. The van der Waals surface area contributed by atoms with Crippen molar-refractivity contribution < 1.29 is 19.1 Å². The molecule has 0 aromatic carbocycles. The second-order valence-electron chi connectivity index (χ2n) is 3.72. The molecule has 1 aliphatic rings. The average Bonchev–Trinajstić information content (AvgIpc) is 2.77. The highest BCUT2D eigenvalue weighted by atomic mass is 16.5. The Labute approximate surface area is 87.1 Å². The zero-order valence-corrected chi connectivity index (χ0v) is 8.31. The standard InChI is InChI=1S/C10H13NO4/c12-10(13)4-8-5-11-9(15-8)3-7-1-2-14-6-7/h5,7H,1-4,6H2,(H,12,13). The van der Waals surface area contributed by atoms with Crippen LogP contribution >= 0.6 is 0 Å². The summed E-state index contributed by atoms with van der Waals surface area (Å²) in [5, 5.41) is 8.55. The van der Waals surface area contributed by atoms with Crippen LogP contribution in [0.2, 0.25) is 0 Å². The number of rotatable bonds is 4. The number of carboxylic acid groups (broad SMARTS) is 1. The van der Waals surface area contributed by atoms with Crippen LogP contribution in [0.5, 0.6) is 0 Å². The Hall–Kier alpha value is -1.36. The highest BCUT2D eigenvalue weighted by Crippen LogP contribution is 2.18. The van der Waals surface area contributed by atoms with Crippen LogP contribution in [0.1, 0.15) is 18.1 Å². The summed E-state index contributed by atoms with van der Waals surface area (Å²) in [6.07, 6.45) is 3.14. The summed E-state index contributed by atoms with van der Waals surface area (Å²) >= 11 is 0. The second kappa shape index (κ2) is 4.44. The Kier molecular flexibility index (Phi) is 3.01. The number of hydrogen-bond donors (Lipinski definition) is 1. The molecule has 1 aliphatic heterocycles. The summed E-state index contributed by atoms with van der Waals surface area (Å²) in [7, 11) is 0. The molecular formula is C10H13NO4. The van der Waals surface area contributed by atoms with Gasteiger partial charge in [-0.15, -0.1) is 0 Å². The van der Waals surface area contributed by atoms with E-state index in [-0.39, 0.29) is 6.42 Å². The minimum Gasteiger partial charge on any atom is -0.481 e. The molecule has 0 bridgehead atoms. The third-order valence-corrected chi connectivity index (χ3v) is 2.41. The molecule has 0 amide bonds. The van der Waals surface area contributed by atoms with Gasteiger partial charge in [0.2, 0.25) is 0 Å². The molecule has 0 saturated carbocycles. The predicted octanol–water partition coefficient (Wildman–Crippen LogP) is 0.881. The quantitative estimate of drug-likeness (QED) is 0.800. The van der Waals surface area contributed by atoms with E-state index in [1.807, 2.05) is 0 Å². The molecule has 2 rings (SSSR count). The second-order valence-corrected chi connectivity index (χ2v) is 3.72. The Morgan fingerprint density at radius 2 is 2.53 bits per heavy atom. The molecule has 0 aliphatic carbocycles. The first-order valence-electron chi connectivity index (χ1n) is 4.97. The van der Waals surface area contributed by atoms with Crippen LogP contribution in [0, 0.1) is 5.92 Å². The fourth-order valence-corrected chi connectivity index (χ4v) is 1.66. The molecule has 1 atom stereocenters. The summed E-state index contributed by atoms with van der Waals surface area (Å²) in [5.74, 6) is 0.585. The number of aliphatic carboxylic acids is 1. The topological polar surface area (TPSA) is 72.6 Å². The Bertz CT molecular complexity index is 341. The number of nitrogens with zero attached hydrogens (tertiary/aromatic N) is 1. The van der Waals surface area contributed by atoms with Crippen molar-refractivity contribution in [1.82, 2.24) is 4.98 Å². The number of carboxylic acids is 1. The van der Waals surface area contributed by atoms with Gasteiger partial charge in [0.05, 0.1) is 6.20 Å². The summed E-state index contributed by atoms with van der Waals surface area (Å²) in [5.41, 5.74) is 0. The maximum absolute atomic E-state index is 10.4. The Morgan fingerprint density at radius 3 is 3.20 bits per heavy atom. The Balaban J connectivity index is 1.91. The third-order valence-electron chi connectivity index (χ3n) is 2.41. The van der Waals surface area contributed by atoms with E-state index in [2.05, 4.69) is 4.98 Å². The monoisotopic (exact) mass is 211 g/mol. The minimum absolute atomic E-state index is 0.103. The van der Waals surface area contributed by atoms with Gasteiger partial charge in [-0.1, -0.05) is 0 Å². The minimum atomic E-state index is -0.901. The van der Waals surface area contributed by atoms with Crippen molar-refractivity contribution in [2.75, 3.05) is 13.2 Å². The molecule has 5 nitrogen and oxygen atoms in total. The molecule has 82 valence electrons. The summed E-state index contributed by atoms with van der Waals surface area (Å²) in [4.78, 5) is 14.5. The van der Waals surface area contributed by atoms with Gasteiger partial charge in [-0.05, 0) is 12.3 Å². The van der Waals surface area contributed by atoms with Crippen LogP contribution < -0.4 is 0 Å². The van der Waals surface area contributed by atoms with E-state index in [9.17, 15) is 4.79 Å². The first kappa shape index (κ1) is 10.2. The van der Waals surface area contributed by atoms with Crippen molar-refractivity contribution in [2.45, 2.75) is 19.3 Å². The SMILES string of the molecule is O=C(O)Cc1cnc(CC2CCOC2)o1. The van der Waals surface area contributed by atoms with E-state index in [1.165, 1.54) is 6.20 Å². The van der Waals surface area contributed by atoms with Gasteiger partial charge in [-0.3, -0.25) is 4.79 Å². The van der Waals surface area contributed by atoms with Crippen molar-refractivity contribution >= 4 is 5.97 Å². The van der Waals surface area contributed by atoms with Crippen molar-refractivity contribution in [3.8, 4) is 0 Å². The summed E-state index contributed by atoms with van der Waals surface area (Å²) < 4.78 is 10.5. The zero-order chi connectivity index (χ0) is 10.7. The molecular weight excluding hydrogens is 198 g/mol. The maximum atomic E-state index is 10.4. The van der Waals surface area contributed by atoms with Crippen molar-refractivity contribution in [3.63, 3.8) is 0 Å². The van der Waals surface area contributed by atoms with Crippen molar-refractivity contribution in [3.05, 3.63) is 17.8 Å². The van der Waals surface area contributed by atoms with Gasteiger partial charge >= 0.3 is 5.97 Å². The van der Waals surface area contributed by atoms with Gasteiger partial charge in [0.1, 0.15) is 12.2 Å². The van der Waals surface area contributed by atoms with Crippen molar-refractivity contribution in [1.29, 1.82) is 0 Å². The summed E-state index contributed by atoms with van der Waals surface area (Å²) in [6.45, 7) is 1.55. The number of ether oxygens (including phenoxy) is 1. The lowest BCUT2D eigenvalue weighted by Gasteiger charge is -2.01. The lowest BCUT2D eigenvalue weighted by atomic mass is 10.1. The van der Waals surface area contributed by atoms with Gasteiger partial charge < -0.3 is 14.3 Å². The first-order valence-corrected chi connectivity index (χ1v) is 4.97. The fourth-order valence-electron chi connectivity index (χ4n) is 1.66. The molecule has 1 N–H and O–H groups in total. The third kappa shape index (κ3) is 2.79. The van der Waals surface area contributed by atoms with Crippen LogP contribution in [0.15, 0.2) is 10.6 Å². The van der Waals surface area contributed by atoms with Gasteiger partial charge in [0, 0.05) is 19.6 Å². The molecule has 0 spiro atoms. The molecule has 15 heavy (non-hydrogen) atoms. The van der Waals surface area contributed by atoms with E-state index >= 15 is 0 Å². The average molecular weight is 211 g/mol.